The van der Waals surface area contributed by atoms with E-state index in [4.69, 9.17) is 13.9 Å². The molecule has 0 unspecified atom stereocenters. The average Bonchev–Trinajstić information content (AvgIpc) is 2.19. The monoisotopic (exact) mass is 262 g/mol. The summed E-state index contributed by atoms with van der Waals surface area (Å²) >= 11 is 0. The molecule has 102 valence electrons. The van der Waals surface area contributed by atoms with Gasteiger partial charge in [-0.05, 0) is 32.0 Å². The van der Waals surface area contributed by atoms with Crippen molar-refractivity contribution >= 4 is 8.32 Å². The number of hydrogen-bond acceptors (Lipinski definition) is 4. The fourth-order valence-corrected chi connectivity index (χ4v) is 4.82. The number of ether oxygens (including phenoxy) is 2. The maximum atomic E-state index is 9.31. The minimum absolute atomic E-state index is 0.325. The first-order valence-corrected chi connectivity index (χ1v) is 9.44. The summed E-state index contributed by atoms with van der Waals surface area (Å²) in [7, 11) is -1.64. The van der Waals surface area contributed by atoms with Crippen LogP contribution in [-0.2, 0) is 13.9 Å². The van der Waals surface area contributed by atoms with E-state index >= 15 is 0 Å². The SMILES string of the molecule is CC(C)C[Si](C)(C)OCC1(C)OCC(O)CO1. The Hall–Kier alpha value is 0.0569. The van der Waals surface area contributed by atoms with Crippen molar-refractivity contribution in [2.24, 2.45) is 5.92 Å². The van der Waals surface area contributed by atoms with Crippen molar-refractivity contribution < 1.29 is 19.0 Å². The third-order valence-corrected chi connectivity index (χ3v) is 5.51. The summed E-state index contributed by atoms with van der Waals surface area (Å²) in [6.45, 7) is 11.8. The van der Waals surface area contributed by atoms with Crippen molar-refractivity contribution in [1.29, 1.82) is 0 Å². The minimum atomic E-state index is -1.64. The molecule has 1 fully saturated rings. The normalized spacial score (nSPS) is 30.9. The summed E-state index contributed by atoms with van der Waals surface area (Å²) in [5, 5.41) is 9.31. The number of hydrogen-bond donors (Lipinski definition) is 1. The van der Waals surface area contributed by atoms with Crippen LogP contribution in [0.4, 0.5) is 0 Å². The van der Waals surface area contributed by atoms with Crippen LogP contribution in [0.25, 0.3) is 0 Å². The van der Waals surface area contributed by atoms with Crippen LogP contribution in [0.2, 0.25) is 19.1 Å². The van der Waals surface area contributed by atoms with E-state index in [1.54, 1.807) is 0 Å². The van der Waals surface area contributed by atoms with Crippen LogP contribution in [0, 0.1) is 5.92 Å². The summed E-state index contributed by atoms with van der Waals surface area (Å²) in [6, 6.07) is 1.13. The predicted molar refractivity (Wildman–Crippen MR) is 69.4 cm³/mol. The topological polar surface area (TPSA) is 47.9 Å². The molecule has 1 rings (SSSR count). The van der Waals surface area contributed by atoms with Gasteiger partial charge in [0.05, 0.1) is 19.8 Å². The third kappa shape index (κ3) is 5.48. The van der Waals surface area contributed by atoms with E-state index in [9.17, 15) is 5.11 Å². The van der Waals surface area contributed by atoms with Crippen LogP contribution in [0.3, 0.4) is 0 Å². The van der Waals surface area contributed by atoms with Gasteiger partial charge in [-0.2, -0.15) is 0 Å². The van der Waals surface area contributed by atoms with Crippen molar-refractivity contribution in [2.75, 3.05) is 19.8 Å². The molecule has 17 heavy (non-hydrogen) atoms. The van der Waals surface area contributed by atoms with Crippen molar-refractivity contribution in [1.82, 2.24) is 0 Å². The fourth-order valence-electron chi connectivity index (χ4n) is 2.09. The van der Waals surface area contributed by atoms with Gasteiger partial charge >= 0.3 is 0 Å². The van der Waals surface area contributed by atoms with Gasteiger partial charge in [0.25, 0.3) is 0 Å². The Labute approximate surface area is 105 Å². The van der Waals surface area contributed by atoms with Crippen LogP contribution in [0.15, 0.2) is 0 Å². The zero-order valence-corrected chi connectivity index (χ0v) is 12.7. The second-order valence-electron chi connectivity index (χ2n) is 6.06. The fraction of sp³-hybridized carbons (Fsp3) is 1.00. The van der Waals surface area contributed by atoms with Gasteiger partial charge in [-0.15, -0.1) is 0 Å². The molecule has 0 bridgehead atoms. The zero-order chi connectivity index (χ0) is 13.1. The minimum Gasteiger partial charge on any atom is -0.412 e. The predicted octanol–water partition coefficient (Wildman–Crippen LogP) is 1.99. The molecule has 1 aliphatic heterocycles. The zero-order valence-electron chi connectivity index (χ0n) is 11.7. The molecule has 0 amide bonds. The molecular formula is C12H26O4Si. The highest BCUT2D eigenvalue weighted by atomic mass is 28.4. The highest BCUT2D eigenvalue weighted by Gasteiger charge is 2.35. The summed E-state index contributed by atoms with van der Waals surface area (Å²) in [6.07, 6.45) is -0.510. The van der Waals surface area contributed by atoms with Gasteiger partial charge in [0, 0.05) is 0 Å². The van der Waals surface area contributed by atoms with Gasteiger partial charge < -0.3 is 19.0 Å². The molecule has 0 aromatic rings. The molecule has 0 aromatic heterocycles. The first-order valence-electron chi connectivity index (χ1n) is 6.32. The van der Waals surface area contributed by atoms with Crippen molar-refractivity contribution in [3.8, 4) is 0 Å². The highest BCUT2D eigenvalue weighted by Crippen LogP contribution is 2.23. The van der Waals surface area contributed by atoms with Crippen LogP contribution < -0.4 is 0 Å². The molecule has 0 spiro atoms. The lowest BCUT2D eigenvalue weighted by Gasteiger charge is -2.38. The third-order valence-electron chi connectivity index (χ3n) is 2.79. The maximum absolute atomic E-state index is 9.31. The molecule has 4 nitrogen and oxygen atoms in total. The Bertz CT molecular complexity index is 235. The number of aliphatic hydroxyl groups is 1. The molecule has 0 saturated carbocycles. The Morgan fingerprint density at radius 3 is 2.35 bits per heavy atom. The first kappa shape index (κ1) is 15.1. The van der Waals surface area contributed by atoms with Gasteiger partial charge in [-0.1, -0.05) is 13.8 Å². The van der Waals surface area contributed by atoms with E-state index in [0.717, 1.165) is 6.04 Å². The summed E-state index contributed by atoms with van der Waals surface area (Å²) in [5.41, 5.74) is 0. The lowest BCUT2D eigenvalue weighted by molar-refractivity contribution is -0.292. The van der Waals surface area contributed by atoms with Gasteiger partial charge in [-0.3, -0.25) is 0 Å². The number of rotatable bonds is 5. The van der Waals surface area contributed by atoms with E-state index < -0.39 is 20.2 Å². The quantitative estimate of drug-likeness (QED) is 0.770. The Kier molecular flexibility index (Phi) is 5.16. The second kappa shape index (κ2) is 5.80. The van der Waals surface area contributed by atoms with Crippen molar-refractivity contribution in [3.05, 3.63) is 0 Å². The number of aliphatic hydroxyl groups excluding tert-OH is 1. The highest BCUT2D eigenvalue weighted by molar-refractivity contribution is 6.71. The molecule has 0 aromatic carbocycles. The van der Waals surface area contributed by atoms with Crippen LogP contribution in [0.5, 0.6) is 0 Å². The van der Waals surface area contributed by atoms with E-state index in [0.29, 0.717) is 25.7 Å². The second-order valence-corrected chi connectivity index (χ2v) is 10.3. The molecule has 0 atom stereocenters. The van der Waals surface area contributed by atoms with Gasteiger partial charge in [0.1, 0.15) is 6.10 Å². The molecular weight excluding hydrogens is 236 g/mol. The van der Waals surface area contributed by atoms with Gasteiger partial charge in [0.2, 0.25) is 0 Å². The van der Waals surface area contributed by atoms with E-state index in [1.165, 1.54) is 0 Å². The standard InChI is InChI=1S/C12H26O4Si/c1-10(2)8-17(4,5)16-9-12(3)14-6-11(13)7-15-12/h10-11,13H,6-9H2,1-5H3. The van der Waals surface area contributed by atoms with Gasteiger partial charge in [0.15, 0.2) is 14.1 Å². The van der Waals surface area contributed by atoms with E-state index in [-0.39, 0.29) is 0 Å². The molecule has 1 N–H and O–H groups in total. The van der Waals surface area contributed by atoms with E-state index in [1.807, 2.05) is 6.92 Å². The molecule has 1 saturated heterocycles. The van der Waals surface area contributed by atoms with Crippen molar-refractivity contribution in [2.45, 2.75) is 51.8 Å². The molecule has 0 radical (unpaired) electrons. The molecule has 5 heteroatoms. The lowest BCUT2D eigenvalue weighted by atomic mass is 10.3. The molecule has 0 aliphatic carbocycles. The lowest BCUT2D eigenvalue weighted by Crippen LogP contribution is -2.49. The van der Waals surface area contributed by atoms with Crippen LogP contribution in [0.1, 0.15) is 20.8 Å². The Balaban J connectivity index is 2.38. The summed E-state index contributed by atoms with van der Waals surface area (Å²) < 4.78 is 17.0. The first-order chi connectivity index (χ1) is 7.72. The summed E-state index contributed by atoms with van der Waals surface area (Å²) in [4.78, 5) is 0. The average molecular weight is 262 g/mol. The van der Waals surface area contributed by atoms with Crippen molar-refractivity contribution in [3.63, 3.8) is 0 Å². The summed E-state index contributed by atoms with van der Waals surface area (Å²) in [5.74, 6) is -0.0417. The molecule has 1 aliphatic rings. The smallest absolute Gasteiger partial charge is 0.187 e. The Morgan fingerprint density at radius 2 is 1.88 bits per heavy atom. The van der Waals surface area contributed by atoms with Crippen LogP contribution >= 0.6 is 0 Å². The maximum Gasteiger partial charge on any atom is 0.187 e. The van der Waals surface area contributed by atoms with E-state index in [2.05, 4.69) is 26.9 Å². The molecule has 1 heterocycles. The largest absolute Gasteiger partial charge is 0.412 e. The van der Waals surface area contributed by atoms with Gasteiger partial charge in [-0.25, -0.2) is 0 Å². The van der Waals surface area contributed by atoms with Crippen LogP contribution in [-0.4, -0.2) is 45.1 Å². The Morgan fingerprint density at radius 1 is 1.35 bits per heavy atom.